The van der Waals surface area contributed by atoms with Gasteiger partial charge in [-0.3, -0.25) is 4.79 Å². The molecule has 13 heteroatoms. The Hall–Kier alpha value is -4.65. The van der Waals surface area contributed by atoms with E-state index in [9.17, 15) is 32.3 Å². The molecule has 0 unspecified atom stereocenters. The maximum Gasteiger partial charge on any atom is 0.573 e. The topological polar surface area (TPSA) is 87.0 Å². The Bertz CT molecular complexity index is 1800. The van der Waals surface area contributed by atoms with Gasteiger partial charge in [0, 0.05) is 56.3 Å². The Balaban J connectivity index is 1.44. The molecule has 3 aromatic carbocycles. The van der Waals surface area contributed by atoms with E-state index >= 15 is 4.39 Å². The summed E-state index contributed by atoms with van der Waals surface area (Å²) in [6.07, 6.45) is 0.167. The minimum absolute atomic E-state index is 0.0775. The molecule has 242 valence electrons. The van der Waals surface area contributed by atoms with E-state index in [1.54, 1.807) is 36.4 Å². The lowest BCUT2D eigenvalue weighted by atomic mass is 10.1. The van der Waals surface area contributed by atoms with E-state index in [-0.39, 0.29) is 31.9 Å². The lowest BCUT2D eigenvalue weighted by molar-refractivity contribution is -0.274. The van der Waals surface area contributed by atoms with Crippen LogP contribution in [0.1, 0.15) is 41.6 Å². The molecule has 0 radical (unpaired) electrons. The van der Waals surface area contributed by atoms with Crippen LogP contribution in [0.25, 0.3) is 16.6 Å². The van der Waals surface area contributed by atoms with Crippen molar-refractivity contribution in [2.75, 3.05) is 36.0 Å². The van der Waals surface area contributed by atoms with Crippen LogP contribution < -0.4 is 25.3 Å². The Morgan fingerprint density at radius 3 is 2.13 bits per heavy atom. The summed E-state index contributed by atoms with van der Waals surface area (Å²) in [6, 6.07) is 13.6. The first-order valence-electron chi connectivity index (χ1n) is 15.0. The Morgan fingerprint density at radius 1 is 0.913 bits per heavy atom. The highest BCUT2D eigenvalue weighted by atomic mass is 19.4. The lowest BCUT2D eigenvalue weighted by Gasteiger charge is -2.38. The van der Waals surface area contributed by atoms with Crippen LogP contribution >= 0.6 is 0 Å². The average molecular weight is 643 g/mol. The zero-order valence-electron chi connectivity index (χ0n) is 24.6. The third-order valence-corrected chi connectivity index (χ3v) is 8.57. The summed E-state index contributed by atoms with van der Waals surface area (Å²) in [5.41, 5.74) is -0.950. The number of carboxylic acids is 1. The first-order valence-corrected chi connectivity index (χ1v) is 15.0. The maximum atomic E-state index is 15.9. The zero-order chi connectivity index (χ0) is 32.6. The smallest absolute Gasteiger partial charge is 0.477 e. The number of aromatic nitrogens is 1. The molecule has 0 atom stereocenters. The summed E-state index contributed by atoms with van der Waals surface area (Å²) in [5.74, 6) is -4.14. The number of piperazine rings is 1. The van der Waals surface area contributed by atoms with Crippen molar-refractivity contribution in [3.63, 3.8) is 0 Å². The van der Waals surface area contributed by atoms with Gasteiger partial charge in [-0.05, 0) is 60.9 Å². The number of carboxylic acid groups (broad SMARTS) is 1. The van der Waals surface area contributed by atoms with Crippen LogP contribution in [-0.4, -0.2) is 54.2 Å². The van der Waals surface area contributed by atoms with Crippen LogP contribution in [0.15, 0.2) is 65.6 Å². The molecule has 2 aliphatic rings. The van der Waals surface area contributed by atoms with Crippen molar-refractivity contribution in [2.45, 2.75) is 44.6 Å². The summed E-state index contributed by atoms with van der Waals surface area (Å²) < 4.78 is 76.9. The fourth-order valence-electron chi connectivity index (χ4n) is 6.29. The number of aromatic carboxylic acids is 1. The molecule has 1 aliphatic heterocycles. The van der Waals surface area contributed by atoms with Gasteiger partial charge >= 0.3 is 12.3 Å². The Labute approximate surface area is 260 Å². The van der Waals surface area contributed by atoms with Crippen molar-refractivity contribution < 1.29 is 36.6 Å². The fourth-order valence-corrected chi connectivity index (χ4v) is 6.29. The number of alkyl halides is 3. The standard InChI is InChI=1S/C33H31F5N4O4/c34-21-7-11-23(12-8-21)40-13-15-41(16-14-40)29-27(35)17-25-28(31(29)46-33(36,37)38)42(19-26(30(25)43)32(44)45)24-9-5-20(6-10-24)18-39-22-3-1-2-4-22/h5-12,17,19,22,39H,1-4,13-16,18H2,(H,44,45). The molecule has 1 saturated carbocycles. The molecule has 1 aromatic heterocycles. The third kappa shape index (κ3) is 6.50. The molecule has 1 saturated heterocycles. The van der Waals surface area contributed by atoms with E-state index in [1.807, 2.05) is 4.90 Å². The number of hydrogen-bond donors (Lipinski definition) is 2. The molecule has 0 amide bonds. The van der Waals surface area contributed by atoms with Crippen LogP contribution in [0.2, 0.25) is 0 Å². The first-order chi connectivity index (χ1) is 22.0. The molecule has 1 aliphatic carbocycles. The summed E-state index contributed by atoms with van der Waals surface area (Å²) >= 11 is 0. The number of benzene rings is 3. The number of ether oxygens (including phenoxy) is 1. The SMILES string of the molecule is O=C(O)c1cn(-c2ccc(CNC3CCCC3)cc2)c2c(OC(F)(F)F)c(N3CCN(c4ccc(F)cc4)CC3)c(F)cc2c1=O. The average Bonchev–Trinajstić information content (AvgIpc) is 3.55. The quantitative estimate of drug-likeness (QED) is 0.221. The van der Waals surface area contributed by atoms with Crippen molar-refractivity contribution >= 4 is 28.2 Å². The number of anilines is 2. The molecule has 2 fully saturated rings. The second kappa shape index (κ2) is 12.6. The molecule has 4 aromatic rings. The van der Waals surface area contributed by atoms with Crippen molar-refractivity contribution in [2.24, 2.45) is 0 Å². The molecule has 2 N–H and O–H groups in total. The summed E-state index contributed by atoms with van der Waals surface area (Å²) in [5, 5.41) is 12.7. The predicted molar refractivity (Wildman–Crippen MR) is 163 cm³/mol. The largest absolute Gasteiger partial charge is 0.573 e. The van der Waals surface area contributed by atoms with Gasteiger partial charge in [0.2, 0.25) is 5.43 Å². The molecule has 46 heavy (non-hydrogen) atoms. The minimum Gasteiger partial charge on any atom is -0.477 e. The summed E-state index contributed by atoms with van der Waals surface area (Å²) in [6.45, 7) is 1.27. The number of hydrogen-bond acceptors (Lipinski definition) is 6. The van der Waals surface area contributed by atoms with E-state index in [4.69, 9.17) is 0 Å². The van der Waals surface area contributed by atoms with Crippen LogP contribution in [0.3, 0.4) is 0 Å². The van der Waals surface area contributed by atoms with Crippen molar-refractivity contribution in [1.29, 1.82) is 0 Å². The van der Waals surface area contributed by atoms with Gasteiger partial charge < -0.3 is 29.5 Å². The highest BCUT2D eigenvalue weighted by molar-refractivity contribution is 5.98. The molecule has 6 rings (SSSR count). The molecular weight excluding hydrogens is 611 g/mol. The fraction of sp³-hybridized carbons (Fsp3) is 0.333. The van der Waals surface area contributed by atoms with Gasteiger partial charge in [0.1, 0.15) is 22.6 Å². The second-order valence-corrected chi connectivity index (χ2v) is 11.5. The molecule has 2 heterocycles. The van der Waals surface area contributed by atoms with Crippen molar-refractivity contribution in [1.82, 2.24) is 9.88 Å². The zero-order valence-corrected chi connectivity index (χ0v) is 24.6. The van der Waals surface area contributed by atoms with E-state index in [0.717, 1.165) is 48.1 Å². The second-order valence-electron chi connectivity index (χ2n) is 11.5. The summed E-state index contributed by atoms with van der Waals surface area (Å²) in [7, 11) is 0. The van der Waals surface area contributed by atoms with Gasteiger partial charge in [0.15, 0.2) is 11.6 Å². The normalized spacial score (nSPS) is 15.9. The Kier molecular flexibility index (Phi) is 8.60. The van der Waals surface area contributed by atoms with E-state index in [0.29, 0.717) is 18.3 Å². The van der Waals surface area contributed by atoms with Gasteiger partial charge in [-0.2, -0.15) is 0 Å². The molecule has 0 bridgehead atoms. The first kappa shape index (κ1) is 31.3. The number of fused-ring (bicyclic) bond motifs is 1. The Morgan fingerprint density at radius 2 is 1.52 bits per heavy atom. The maximum absolute atomic E-state index is 15.9. The van der Waals surface area contributed by atoms with E-state index in [1.165, 1.54) is 17.0 Å². The van der Waals surface area contributed by atoms with Crippen LogP contribution in [0, 0.1) is 11.6 Å². The molecule has 8 nitrogen and oxygen atoms in total. The minimum atomic E-state index is -5.27. The molecule has 0 spiro atoms. The van der Waals surface area contributed by atoms with Crippen LogP contribution in [-0.2, 0) is 6.54 Å². The summed E-state index contributed by atoms with van der Waals surface area (Å²) in [4.78, 5) is 28.6. The van der Waals surface area contributed by atoms with Crippen molar-refractivity contribution in [3.05, 3.63) is 93.8 Å². The van der Waals surface area contributed by atoms with E-state index < -0.39 is 57.3 Å². The lowest BCUT2D eigenvalue weighted by Crippen LogP contribution is -2.47. The number of carbonyl (C=O) groups is 1. The monoisotopic (exact) mass is 642 g/mol. The highest BCUT2D eigenvalue weighted by Gasteiger charge is 2.37. The number of rotatable bonds is 8. The third-order valence-electron chi connectivity index (χ3n) is 8.57. The molecular formula is C33H31F5N4O4. The highest BCUT2D eigenvalue weighted by Crippen LogP contribution is 2.42. The van der Waals surface area contributed by atoms with Gasteiger partial charge in [-0.15, -0.1) is 13.2 Å². The van der Waals surface area contributed by atoms with Crippen LogP contribution in [0.5, 0.6) is 5.75 Å². The number of halogens is 5. The predicted octanol–water partition coefficient (Wildman–Crippen LogP) is 6.22. The van der Waals surface area contributed by atoms with Crippen molar-refractivity contribution in [3.8, 4) is 11.4 Å². The van der Waals surface area contributed by atoms with Gasteiger partial charge in [-0.1, -0.05) is 25.0 Å². The van der Waals surface area contributed by atoms with Gasteiger partial charge in [0.25, 0.3) is 0 Å². The van der Waals surface area contributed by atoms with Crippen LogP contribution in [0.4, 0.5) is 33.3 Å². The van der Waals surface area contributed by atoms with Gasteiger partial charge in [-0.25, -0.2) is 13.6 Å². The van der Waals surface area contributed by atoms with E-state index in [2.05, 4.69) is 10.1 Å². The van der Waals surface area contributed by atoms with Gasteiger partial charge in [0.05, 0.1) is 5.39 Å². The number of nitrogens with one attached hydrogen (secondary N) is 1. The number of nitrogens with zero attached hydrogens (tertiary/aromatic N) is 3. The number of pyridine rings is 1.